The molecule has 1 N–H and O–H groups in total. The van der Waals surface area contributed by atoms with Gasteiger partial charge in [0.05, 0.1) is 6.20 Å². The fourth-order valence-corrected chi connectivity index (χ4v) is 0.953. The maximum Gasteiger partial charge on any atom is 0.162 e. The Morgan fingerprint density at radius 2 is 2.45 bits per heavy atom. The van der Waals surface area contributed by atoms with Gasteiger partial charge in [-0.25, -0.2) is 0 Å². The molecule has 0 fully saturated rings. The summed E-state index contributed by atoms with van der Waals surface area (Å²) in [6.45, 7) is 0. The van der Waals surface area contributed by atoms with Crippen molar-refractivity contribution in [2.45, 2.75) is 0 Å². The summed E-state index contributed by atoms with van der Waals surface area (Å²) in [5.74, 6) is 0. The fraction of sp³-hybridized carbons (Fsp3) is 0. The number of nitrogens with zero attached hydrogens (tertiary/aromatic N) is 6. The van der Waals surface area contributed by atoms with Crippen LogP contribution in [0.5, 0.6) is 0 Å². The molecule has 2 rings (SSSR count). The normalized spacial score (nSPS) is 9.82. The number of nitrogens with one attached hydrogen (secondary N) is 1. The van der Waals surface area contributed by atoms with Gasteiger partial charge in [-0.05, 0) is 10.4 Å². The van der Waals surface area contributed by atoms with Gasteiger partial charge in [-0.1, -0.05) is 4.49 Å². The van der Waals surface area contributed by atoms with Gasteiger partial charge < -0.3 is 0 Å². The first-order chi connectivity index (χ1) is 5.45. The van der Waals surface area contributed by atoms with Crippen LogP contribution in [0, 0.1) is 0 Å². The minimum atomic E-state index is 0.789. The van der Waals surface area contributed by atoms with Crippen LogP contribution in [0.2, 0.25) is 0 Å². The first kappa shape index (κ1) is 6.16. The number of hydrogen-bond donors (Lipinski definition) is 1. The van der Waals surface area contributed by atoms with Crippen molar-refractivity contribution < 1.29 is 0 Å². The maximum atomic E-state index is 3.65. The lowest BCUT2D eigenvalue weighted by Crippen LogP contribution is -2.08. The Kier molecular flexibility index (Phi) is 1.44. The molecule has 7 nitrogen and oxygen atoms in total. The van der Waals surface area contributed by atoms with E-state index in [1.807, 2.05) is 0 Å². The average molecular weight is 169 g/mol. The van der Waals surface area contributed by atoms with Crippen LogP contribution in [0.4, 0.5) is 5.00 Å². The molecule has 0 unspecified atom stereocenters. The summed E-state index contributed by atoms with van der Waals surface area (Å²) in [6, 6.07) is 0. The van der Waals surface area contributed by atoms with Gasteiger partial charge in [-0.2, -0.15) is 0 Å². The van der Waals surface area contributed by atoms with E-state index in [2.05, 4.69) is 30.5 Å². The molecule has 2 heterocycles. The van der Waals surface area contributed by atoms with Crippen molar-refractivity contribution >= 4 is 16.5 Å². The van der Waals surface area contributed by atoms with Crippen LogP contribution in [0.15, 0.2) is 12.5 Å². The minimum Gasteiger partial charge on any atom is -0.263 e. The number of anilines is 1. The molecular formula is C3H3N7S. The molecule has 0 saturated carbocycles. The zero-order chi connectivity index (χ0) is 7.52. The second-order valence-corrected chi connectivity index (χ2v) is 2.43. The summed E-state index contributed by atoms with van der Waals surface area (Å²) >= 11 is 1.23. The Bertz CT molecular complexity index is 266. The molecule has 0 aliphatic heterocycles. The van der Waals surface area contributed by atoms with E-state index >= 15 is 0 Å². The molecule has 2 aromatic rings. The summed E-state index contributed by atoms with van der Waals surface area (Å²) in [5.41, 5.74) is 2.84. The van der Waals surface area contributed by atoms with Gasteiger partial charge in [0.15, 0.2) is 6.33 Å². The largest absolute Gasteiger partial charge is 0.263 e. The minimum absolute atomic E-state index is 0.789. The van der Waals surface area contributed by atoms with Crippen molar-refractivity contribution in [2.24, 2.45) is 0 Å². The van der Waals surface area contributed by atoms with Crippen LogP contribution in [0.1, 0.15) is 0 Å². The first-order valence-corrected chi connectivity index (χ1v) is 3.50. The maximum absolute atomic E-state index is 3.65. The van der Waals surface area contributed by atoms with Crippen molar-refractivity contribution in [2.75, 3.05) is 5.43 Å². The molecule has 0 spiro atoms. The van der Waals surface area contributed by atoms with Gasteiger partial charge >= 0.3 is 0 Å². The van der Waals surface area contributed by atoms with Crippen molar-refractivity contribution in [1.29, 1.82) is 0 Å². The predicted octanol–water partition coefficient (Wildman–Crippen LogP) is -0.600. The molecule has 0 aliphatic rings. The number of aromatic nitrogens is 6. The summed E-state index contributed by atoms with van der Waals surface area (Å²) in [5, 5.41) is 14.9. The van der Waals surface area contributed by atoms with E-state index in [0.717, 1.165) is 5.00 Å². The second kappa shape index (κ2) is 2.58. The second-order valence-electron chi connectivity index (χ2n) is 1.65. The summed E-state index contributed by atoms with van der Waals surface area (Å²) in [6.07, 6.45) is 3.03. The van der Waals surface area contributed by atoms with Crippen LogP contribution in [0.3, 0.4) is 0 Å². The molecule has 0 aromatic carbocycles. The van der Waals surface area contributed by atoms with Gasteiger partial charge in [-0.3, -0.25) is 5.43 Å². The third-order valence-electron chi connectivity index (χ3n) is 0.935. The summed E-state index contributed by atoms with van der Waals surface area (Å²) in [4.78, 5) is 1.37. The molecule has 0 atom stereocenters. The Morgan fingerprint density at radius 3 is 3.09 bits per heavy atom. The molecular weight excluding hydrogens is 166 g/mol. The molecule has 8 heteroatoms. The Hall–Kier alpha value is -1.57. The van der Waals surface area contributed by atoms with E-state index in [0.29, 0.717) is 0 Å². The van der Waals surface area contributed by atoms with Crippen molar-refractivity contribution in [1.82, 2.24) is 29.9 Å². The van der Waals surface area contributed by atoms with Gasteiger partial charge in [0.2, 0.25) is 0 Å². The highest BCUT2D eigenvalue weighted by Crippen LogP contribution is 2.07. The summed E-state index contributed by atoms with van der Waals surface area (Å²) < 4.78 is 3.65. The number of tetrazole rings is 1. The molecule has 0 amide bonds. The van der Waals surface area contributed by atoms with E-state index in [-0.39, 0.29) is 0 Å². The SMILES string of the molecule is c1nnsc1Nn1cnnn1. The highest BCUT2D eigenvalue weighted by Gasteiger charge is 1.94. The van der Waals surface area contributed by atoms with E-state index < -0.39 is 0 Å². The van der Waals surface area contributed by atoms with Crippen LogP contribution >= 0.6 is 11.5 Å². The molecule has 0 saturated heterocycles. The molecule has 11 heavy (non-hydrogen) atoms. The quantitative estimate of drug-likeness (QED) is 0.646. The van der Waals surface area contributed by atoms with Crippen molar-refractivity contribution in [3.63, 3.8) is 0 Å². The molecule has 0 radical (unpaired) electrons. The fourth-order valence-electron chi connectivity index (χ4n) is 0.542. The number of hydrogen-bond acceptors (Lipinski definition) is 7. The number of rotatable bonds is 2. The highest BCUT2D eigenvalue weighted by atomic mass is 32.1. The molecule has 0 bridgehead atoms. The Labute approximate surface area is 65.2 Å². The lowest BCUT2D eigenvalue weighted by molar-refractivity contribution is 0.740. The first-order valence-electron chi connectivity index (χ1n) is 2.72. The summed E-state index contributed by atoms with van der Waals surface area (Å²) in [7, 11) is 0. The third-order valence-corrected chi connectivity index (χ3v) is 1.50. The molecule has 56 valence electrons. The zero-order valence-corrected chi connectivity index (χ0v) is 6.06. The van der Waals surface area contributed by atoms with E-state index in [1.54, 1.807) is 6.20 Å². The Balaban J connectivity index is 2.14. The van der Waals surface area contributed by atoms with Gasteiger partial charge in [0.1, 0.15) is 5.00 Å². The highest BCUT2D eigenvalue weighted by molar-refractivity contribution is 7.09. The van der Waals surface area contributed by atoms with E-state index in [1.165, 1.54) is 22.7 Å². The van der Waals surface area contributed by atoms with Gasteiger partial charge in [0, 0.05) is 11.5 Å². The van der Waals surface area contributed by atoms with E-state index in [4.69, 9.17) is 0 Å². The third kappa shape index (κ3) is 1.29. The topological polar surface area (TPSA) is 81.4 Å². The van der Waals surface area contributed by atoms with Gasteiger partial charge in [-0.15, -0.1) is 15.0 Å². The molecule has 2 aromatic heterocycles. The van der Waals surface area contributed by atoms with Crippen LogP contribution in [-0.4, -0.2) is 29.9 Å². The Morgan fingerprint density at radius 1 is 1.45 bits per heavy atom. The monoisotopic (exact) mass is 169 g/mol. The zero-order valence-electron chi connectivity index (χ0n) is 5.25. The molecule has 0 aliphatic carbocycles. The van der Waals surface area contributed by atoms with Crippen molar-refractivity contribution in [3.8, 4) is 0 Å². The smallest absolute Gasteiger partial charge is 0.162 e. The van der Waals surface area contributed by atoms with Crippen molar-refractivity contribution in [3.05, 3.63) is 12.5 Å². The lowest BCUT2D eigenvalue weighted by Gasteiger charge is -1.95. The standard InChI is InChI=1S/C3H3N7S/c1-3(11-9-4-1)6-10-2-5-7-8-10/h1-2,6H. The van der Waals surface area contributed by atoms with E-state index in [9.17, 15) is 0 Å². The van der Waals surface area contributed by atoms with Crippen LogP contribution in [-0.2, 0) is 0 Å². The van der Waals surface area contributed by atoms with Crippen LogP contribution in [0.25, 0.3) is 0 Å². The van der Waals surface area contributed by atoms with Gasteiger partial charge in [0.25, 0.3) is 0 Å². The average Bonchev–Trinajstić information content (AvgIpc) is 2.60. The predicted molar refractivity (Wildman–Crippen MR) is 36.7 cm³/mol. The van der Waals surface area contributed by atoms with Crippen LogP contribution < -0.4 is 5.43 Å². The lowest BCUT2D eigenvalue weighted by atomic mass is 10.9.